The minimum Gasteiger partial charge on any atom is -0.333 e. The van der Waals surface area contributed by atoms with Crippen molar-refractivity contribution in [3.05, 3.63) is 52.3 Å². The molecular formula is C20H27ClN4O. The van der Waals surface area contributed by atoms with Crippen LogP contribution in [0.5, 0.6) is 0 Å². The Labute approximate surface area is 160 Å². The molecule has 1 aromatic carbocycles. The number of carbonyl (C=O) groups excluding carboxylic acids is 1. The lowest BCUT2D eigenvalue weighted by Crippen LogP contribution is -2.51. The highest BCUT2D eigenvalue weighted by atomic mass is 35.5. The summed E-state index contributed by atoms with van der Waals surface area (Å²) in [6.45, 7) is 8.87. The SMILES string of the molecule is Cc1nn(C[C@@H](C)C(=O)N2CCN(C)C[C@H]2c2ccccc2)c(C)c1Cl. The van der Waals surface area contributed by atoms with E-state index in [1.165, 1.54) is 5.56 Å². The third kappa shape index (κ3) is 3.79. The zero-order valence-corrected chi connectivity index (χ0v) is 16.7. The van der Waals surface area contributed by atoms with Gasteiger partial charge >= 0.3 is 0 Å². The van der Waals surface area contributed by atoms with Crippen LogP contribution in [0.1, 0.15) is 29.9 Å². The Morgan fingerprint density at radius 1 is 1.27 bits per heavy atom. The molecule has 0 saturated carbocycles. The van der Waals surface area contributed by atoms with Crippen LogP contribution in [0.4, 0.5) is 0 Å². The standard InChI is InChI=1S/C20H27ClN4O/c1-14(12-25-16(3)19(21)15(2)22-25)20(26)24-11-10-23(4)13-18(24)17-8-6-5-7-9-17/h5-9,14,18H,10-13H2,1-4H3/t14-,18+/m1/s1. The van der Waals surface area contributed by atoms with Gasteiger partial charge in [-0.3, -0.25) is 9.48 Å². The average molecular weight is 375 g/mol. The fraction of sp³-hybridized carbons (Fsp3) is 0.500. The molecule has 1 amide bonds. The lowest BCUT2D eigenvalue weighted by atomic mass is 10.00. The van der Waals surface area contributed by atoms with Crippen molar-refractivity contribution in [3.8, 4) is 0 Å². The highest BCUT2D eigenvalue weighted by Crippen LogP contribution is 2.27. The van der Waals surface area contributed by atoms with Gasteiger partial charge in [0.15, 0.2) is 0 Å². The topological polar surface area (TPSA) is 41.4 Å². The number of hydrogen-bond acceptors (Lipinski definition) is 3. The summed E-state index contributed by atoms with van der Waals surface area (Å²) in [5.41, 5.74) is 2.92. The first kappa shape index (κ1) is 18.9. The lowest BCUT2D eigenvalue weighted by molar-refractivity contribution is -0.140. The monoisotopic (exact) mass is 374 g/mol. The number of amides is 1. The summed E-state index contributed by atoms with van der Waals surface area (Å²) in [6, 6.07) is 10.4. The fourth-order valence-corrected chi connectivity index (χ4v) is 3.75. The number of piperazine rings is 1. The Morgan fingerprint density at radius 3 is 2.58 bits per heavy atom. The molecular weight excluding hydrogens is 348 g/mol. The molecule has 140 valence electrons. The second-order valence-corrected chi connectivity index (χ2v) is 7.67. The zero-order valence-electron chi connectivity index (χ0n) is 15.9. The number of likely N-dealkylation sites (N-methyl/N-ethyl adjacent to an activating group) is 1. The largest absolute Gasteiger partial charge is 0.333 e. The van der Waals surface area contributed by atoms with Gasteiger partial charge in [-0.25, -0.2) is 0 Å². The third-order valence-corrected chi connectivity index (χ3v) is 5.76. The summed E-state index contributed by atoms with van der Waals surface area (Å²) in [5.74, 6) is 0.0225. The summed E-state index contributed by atoms with van der Waals surface area (Å²) in [6.07, 6.45) is 0. The quantitative estimate of drug-likeness (QED) is 0.824. The molecule has 1 saturated heterocycles. The van der Waals surface area contributed by atoms with E-state index < -0.39 is 0 Å². The van der Waals surface area contributed by atoms with Crippen LogP contribution < -0.4 is 0 Å². The van der Waals surface area contributed by atoms with Crippen LogP contribution in [0.3, 0.4) is 0 Å². The van der Waals surface area contributed by atoms with E-state index in [-0.39, 0.29) is 17.9 Å². The number of aryl methyl sites for hydroxylation is 1. The minimum atomic E-state index is -0.154. The summed E-state index contributed by atoms with van der Waals surface area (Å²) < 4.78 is 1.85. The Kier molecular flexibility index (Phi) is 5.68. The molecule has 1 aliphatic heterocycles. The van der Waals surface area contributed by atoms with Crippen molar-refractivity contribution in [1.29, 1.82) is 0 Å². The number of aromatic nitrogens is 2. The van der Waals surface area contributed by atoms with E-state index in [0.717, 1.165) is 31.0 Å². The molecule has 2 atom stereocenters. The highest BCUT2D eigenvalue weighted by molar-refractivity contribution is 6.31. The van der Waals surface area contributed by atoms with Crippen LogP contribution in [-0.4, -0.2) is 52.2 Å². The van der Waals surface area contributed by atoms with Crippen LogP contribution in [0.2, 0.25) is 5.02 Å². The molecule has 0 radical (unpaired) electrons. The van der Waals surface area contributed by atoms with Crippen molar-refractivity contribution in [3.63, 3.8) is 0 Å². The van der Waals surface area contributed by atoms with Crippen LogP contribution in [0, 0.1) is 19.8 Å². The molecule has 1 aromatic heterocycles. The Hall–Kier alpha value is -1.85. The smallest absolute Gasteiger partial charge is 0.227 e. The molecule has 0 spiro atoms. The zero-order chi connectivity index (χ0) is 18.8. The van der Waals surface area contributed by atoms with Gasteiger partial charge in [-0.15, -0.1) is 0 Å². The highest BCUT2D eigenvalue weighted by Gasteiger charge is 2.32. The summed E-state index contributed by atoms with van der Waals surface area (Å²) in [5, 5.41) is 5.16. The first-order chi connectivity index (χ1) is 12.4. The number of benzene rings is 1. The molecule has 2 heterocycles. The van der Waals surface area contributed by atoms with E-state index in [4.69, 9.17) is 11.6 Å². The molecule has 26 heavy (non-hydrogen) atoms. The lowest BCUT2D eigenvalue weighted by Gasteiger charge is -2.41. The number of nitrogens with zero attached hydrogens (tertiary/aromatic N) is 4. The number of halogens is 1. The van der Waals surface area contributed by atoms with E-state index in [1.807, 2.05) is 48.6 Å². The van der Waals surface area contributed by atoms with Crippen LogP contribution >= 0.6 is 11.6 Å². The van der Waals surface area contributed by atoms with Crippen LogP contribution in [-0.2, 0) is 11.3 Å². The molecule has 1 aliphatic rings. The molecule has 5 nitrogen and oxygen atoms in total. The van der Waals surface area contributed by atoms with E-state index in [9.17, 15) is 4.79 Å². The van der Waals surface area contributed by atoms with Gasteiger partial charge in [0.2, 0.25) is 5.91 Å². The Bertz CT molecular complexity index is 774. The maximum atomic E-state index is 13.2. The number of carbonyl (C=O) groups is 1. The van der Waals surface area contributed by atoms with Crippen molar-refractivity contribution >= 4 is 17.5 Å². The maximum Gasteiger partial charge on any atom is 0.227 e. The van der Waals surface area contributed by atoms with E-state index in [0.29, 0.717) is 11.6 Å². The summed E-state index contributed by atoms with van der Waals surface area (Å²) >= 11 is 6.25. The van der Waals surface area contributed by atoms with Gasteiger partial charge in [0, 0.05) is 19.6 Å². The molecule has 1 fully saturated rings. The molecule has 2 aromatic rings. The normalized spacial score (nSPS) is 19.6. The maximum absolute atomic E-state index is 13.2. The fourth-order valence-electron chi connectivity index (χ4n) is 3.62. The molecule has 3 rings (SSSR count). The summed E-state index contributed by atoms with van der Waals surface area (Å²) in [4.78, 5) is 17.5. The average Bonchev–Trinajstić information content (AvgIpc) is 2.88. The molecule has 0 aliphatic carbocycles. The van der Waals surface area contributed by atoms with Crippen molar-refractivity contribution < 1.29 is 4.79 Å². The van der Waals surface area contributed by atoms with Crippen molar-refractivity contribution in [2.75, 3.05) is 26.7 Å². The third-order valence-electron chi connectivity index (χ3n) is 5.21. The Morgan fingerprint density at radius 2 is 1.96 bits per heavy atom. The van der Waals surface area contributed by atoms with E-state index in [1.54, 1.807) is 0 Å². The van der Waals surface area contributed by atoms with Gasteiger partial charge in [0.05, 0.1) is 34.9 Å². The van der Waals surface area contributed by atoms with Gasteiger partial charge in [0.1, 0.15) is 0 Å². The minimum absolute atomic E-state index is 0.0916. The predicted molar refractivity (Wildman–Crippen MR) is 104 cm³/mol. The van der Waals surface area contributed by atoms with Crippen LogP contribution in [0.25, 0.3) is 0 Å². The number of hydrogen-bond donors (Lipinski definition) is 0. The van der Waals surface area contributed by atoms with Crippen LogP contribution in [0.15, 0.2) is 30.3 Å². The second-order valence-electron chi connectivity index (χ2n) is 7.29. The van der Waals surface area contributed by atoms with Gasteiger partial charge in [-0.05, 0) is 26.5 Å². The molecule has 0 bridgehead atoms. The van der Waals surface area contributed by atoms with Gasteiger partial charge in [0.25, 0.3) is 0 Å². The van der Waals surface area contributed by atoms with Gasteiger partial charge in [-0.1, -0.05) is 48.9 Å². The van der Waals surface area contributed by atoms with Gasteiger partial charge < -0.3 is 9.80 Å². The van der Waals surface area contributed by atoms with Gasteiger partial charge in [-0.2, -0.15) is 5.10 Å². The predicted octanol–water partition coefficient (Wildman–Crippen LogP) is 3.30. The van der Waals surface area contributed by atoms with E-state index in [2.05, 4.69) is 29.2 Å². The summed E-state index contributed by atoms with van der Waals surface area (Å²) in [7, 11) is 2.11. The van der Waals surface area contributed by atoms with Crippen molar-refractivity contribution in [2.24, 2.45) is 5.92 Å². The second kappa shape index (κ2) is 7.80. The van der Waals surface area contributed by atoms with Crippen molar-refractivity contribution in [2.45, 2.75) is 33.4 Å². The molecule has 0 unspecified atom stereocenters. The first-order valence-corrected chi connectivity index (χ1v) is 9.49. The Balaban J connectivity index is 1.78. The van der Waals surface area contributed by atoms with Crippen molar-refractivity contribution in [1.82, 2.24) is 19.6 Å². The van der Waals surface area contributed by atoms with E-state index >= 15 is 0 Å². The number of rotatable bonds is 4. The first-order valence-electron chi connectivity index (χ1n) is 9.12. The molecule has 0 N–H and O–H groups in total. The molecule has 6 heteroatoms.